The lowest BCUT2D eigenvalue weighted by Crippen LogP contribution is -2.50. The third-order valence-electron chi connectivity index (χ3n) is 7.02. The monoisotopic (exact) mass is 565 g/mol. The average Bonchev–Trinajstić information content (AvgIpc) is 3.43. The molecule has 5 rings (SSSR count). The van der Waals surface area contributed by atoms with E-state index < -0.39 is 6.17 Å². The molecule has 1 saturated heterocycles. The van der Waals surface area contributed by atoms with E-state index in [4.69, 9.17) is 40.4 Å². The highest BCUT2D eigenvalue weighted by atomic mass is 35.5. The number of amides is 1. The quantitative estimate of drug-likeness (QED) is 0.390. The number of thiocarbonyl (C=S) groups is 1. The molecule has 38 heavy (non-hydrogen) atoms. The van der Waals surface area contributed by atoms with Crippen LogP contribution in [0.5, 0.6) is 0 Å². The fourth-order valence-electron chi connectivity index (χ4n) is 5.06. The van der Waals surface area contributed by atoms with Gasteiger partial charge in [0.2, 0.25) is 6.17 Å². The summed E-state index contributed by atoms with van der Waals surface area (Å²) in [5, 5.41) is 7.94. The molecule has 2 heterocycles. The summed E-state index contributed by atoms with van der Waals surface area (Å²) in [6.07, 6.45) is 1.44. The highest BCUT2D eigenvalue weighted by molar-refractivity contribution is 7.80. The number of hydrogen-bond donors (Lipinski definition) is 2. The van der Waals surface area contributed by atoms with E-state index in [9.17, 15) is 4.79 Å². The minimum atomic E-state index is -0.945. The lowest BCUT2D eigenvalue weighted by molar-refractivity contribution is -0.119. The normalized spacial score (nSPS) is 18.4. The molecule has 9 heteroatoms. The van der Waals surface area contributed by atoms with Gasteiger partial charge in [-0.2, -0.15) is 0 Å². The molecule has 2 N–H and O–H groups in total. The Balaban J connectivity index is 1.41. The molecule has 1 fully saturated rings. The van der Waals surface area contributed by atoms with Crippen molar-refractivity contribution in [3.8, 4) is 0 Å². The highest BCUT2D eigenvalue weighted by Crippen LogP contribution is 2.32. The molecule has 0 aromatic heterocycles. The van der Waals surface area contributed by atoms with Crippen LogP contribution in [0.4, 0.5) is 5.69 Å². The number of hydrogen-bond acceptors (Lipinski definition) is 4. The number of likely N-dealkylation sites (N-methyl/N-ethyl adjacent to an activating group) is 1. The number of likely N-dealkylation sites (tertiary alicyclic amines) is 1. The van der Waals surface area contributed by atoms with Crippen molar-refractivity contribution in [3.05, 3.63) is 99.5 Å². The van der Waals surface area contributed by atoms with Gasteiger partial charge >= 0.3 is 0 Å². The Kier molecular flexibility index (Phi) is 8.29. The van der Waals surface area contributed by atoms with E-state index in [0.29, 0.717) is 38.7 Å². The van der Waals surface area contributed by atoms with Crippen LogP contribution >= 0.6 is 35.4 Å². The minimum Gasteiger partial charge on any atom is -0.361 e. The van der Waals surface area contributed by atoms with Gasteiger partial charge in [0.25, 0.3) is 5.91 Å². The molecule has 0 saturated carbocycles. The summed E-state index contributed by atoms with van der Waals surface area (Å²) < 4.78 is 0. The number of nitrogens with zero attached hydrogens (tertiary/aromatic N) is 3. The van der Waals surface area contributed by atoms with Gasteiger partial charge in [0.15, 0.2) is 5.11 Å². The van der Waals surface area contributed by atoms with E-state index in [1.165, 1.54) is 18.4 Å². The molecule has 2 unspecified atom stereocenters. The zero-order valence-electron chi connectivity index (χ0n) is 21.0. The molecule has 0 bridgehead atoms. The first-order valence-corrected chi connectivity index (χ1v) is 13.8. The molecular weight excluding hydrogens is 537 g/mol. The fourth-order valence-corrected chi connectivity index (χ4v) is 5.65. The standard InChI is InChI=1S/C29H29Cl2N5OS/c1-35-24-14-13-20(30)17-22(24)26(21-11-5-6-12-23(21)31)33-27(28(35)37)34-29(38)32-18-25(36-15-7-8-16-36)19-9-3-2-4-10-19/h2-6,9-14,17,25,27H,7-8,15-16,18H2,1H3,(H2,32,34,38). The summed E-state index contributed by atoms with van der Waals surface area (Å²) >= 11 is 18.6. The number of benzodiazepines with no additional fused rings is 1. The number of halogens is 2. The number of rotatable bonds is 6. The van der Waals surface area contributed by atoms with Crippen molar-refractivity contribution in [3.63, 3.8) is 0 Å². The Hall–Kier alpha value is -2.97. The summed E-state index contributed by atoms with van der Waals surface area (Å²) in [4.78, 5) is 22.5. The van der Waals surface area contributed by atoms with E-state index in [-0.39, 0.29) is 11.9 Å². The first-order chi connectivity index (χ1) is 18.4. The van der Waals surface area contributed by atoms with Crippen LogP contribution in [-0.2, 0) is 4.79 Å². The maximum atomic E-state index is 13.6. The maximum Gasteiger partial charge on any atom is 0.272 e. The van der Waals surface area contributed by atoms with Gasteiger partial charge in [-0.3, -0.25) is 9.69 Å². The Morgan fingerprint density at radius 2 is 1.74 bits per heavy atom. The number of carbonyl (C=O) groups excluding carboxylic acids is 1. The maximum absolute atomic E-state index is 13.6. The third kappa shape index (κ3) is 5.71. The van der Waals surface area contributed by atoms with E-state index in [0.717, 1.165) is 18.7 Å². The second-order valence-electron chi connectivity index (χ2n) is 9.44. The average molecular weight is 567 g/mol. The van der Waals surface area contributed by atoms with Gasteiger partial charge in [-0.1, -0.05) is 71.7 Å². The van der Waals surface area contributed by atoms with Gasteiger partial charge in [0.05, 0.1) is 17.4 Å². The zero-order chi connectivity index (χ0) is 26.6. The molecule has 3 aromatic rings. The summed E-state index contributed by atoms with van der Waals surface area (Å²) in [5.74, 6) is -0.237. The minimum absolute atomic E-state index is 0.180. The van der Waals surface area contributed by atoms with Crippen LogP contribution < -0.4 is 15.5 Å². The third-order valence-corrected chi connectivity index (χ3v) is 7.84. The lowest BCUT2D eigenvalue weighted by Gasteiger charge is -2.29. The van der Waals surface area contributed by atoms with E-state index in [1.54, 1.807) is 24.1 Å². The molecule has 196 valence electrons. The summed E-state index contributed by atoms with van der Waals surface area (Å²) in [6.45, 7) is 2.73. The van der Waals surface area contributed by atoms with E-state index >= 15 is 0 Å². The van der Waals surface area contributed by atoms with Crippen molar-refractivity contribution in [1.82, 2.24) is 15.5 Å². The molecule has 1 amide bonds. The number of benzene rings is 3. The van der Waals surface area contributed by atoms with Crippen molar-refractivity contribution in [2.45, 2.75) is 25.0 Å². The second kappa shape index (κ2) is 11.8. The van der Waals surface area contributed by atoms with Crippen LogP contribution in [0.15, 0.2) is 77.8 Å². The smallest absolute Gasteiger partial charge is 0.272 e. The highest BCUT2D eigenvalue weighted by Gasteiger charge is 2.31. The zero-order valence-corrected chi connectivity index (χ0v) is 23.4. The number of carbonyl (C=O) groups is 1. The molecule has 2 aliphatic heterocycles. The molecule has 3 aromatic carbocycles. The Morgan fingerprint density at radius 1 is 1.03 bits per heavy atom. The van der Waals surface area contributed by atoms with Crippen LogP contribution in [0, 0.1) is 0 Å². The first kappa shape index (κ1) is 26.6. The van der Waals surface area contributed by atoms with Crippen LogP contribution in [0.2, 0.25) is 10.0 Å². The predicted molar refractivity (Wildman–Crippen MR) is 159 cm³/mol. The summed E-state index contributed by atoms with van der Waals surface area (Å²) in [6, 6.07) is 23.4. The van der Waals surface area contributed by atoms with Gasteiger partial charge in [-0.05, 0) is 68.0 Å². The lowest BCUT2D eigenvalue weighted by atomic mass is 10.00. The summed E-state index contributed by atoms with van der Waals surface area (Å²) in [5.41, 5.74) is 3.94. The second-order valence-corrected chi connectivity index (χ2v) is 10.7. The first-order valence-electron chi connectivity index (χ1n) is 12.7. The SMILES string of the molecule is CN1C(=O)C(NC(=S)NCC(c2ccccc2)N2CCCC2)N=C(c2ccccc2Cl)c2cc(Cl)ccc21. The van der Waals surface area contributed by atoms with Gasteiger partial charge < -0.3 is 15.5 Å². The molecule has 0 radical (unpaired) electrons. The Morgan fingerprint density at radius 3 is 2.47 bits per heavy atom. The number of anilines is 1. The van der Waals surface area contributed by atoms with E-state index in [2.05, 4.69) is 39.8 Å². The van der Waals surface area contributed by atoms with Crippen molar-refractivity contribution in [2.75, 3.05) is 31.6 Å². The molecule has 2 atom stereocenters. The van der Waals surface area contributed by atoms with Gasteiger partial charge in [-0.25, -0.2) is 4.99 Å². The number of fused-ring (bicyclic) bond motifs is 1. The van der Waals surface area contributed by atoms with Gasteiger partial charge in [0, 0.05) is 34.8 Å². The van der Waals surface area contributed by atoms with Gasteiger partial charge in [0.1, 0.15) is 0 Å². The number of nitrogens with one attached hydrogen (secondary N) is 2. The molecule has 0 spiro atoms. The summed E-state index contributed by atoms with van der Waals surface area (Å²) in [7, 11) is 1.73. The van der Waals surface area contributed by atoms with Crippen LogP contribution in [0.1, 0.15) is 35.6 Å². The topological polar surface area (TPSA) is 60.0 Å². The van der Waals surface area contributed by atoms with Crippen molar-refractivity contribution >= 4 is 57.8 Å². The van der Waals surface area contributed by atoms with E-state index in [1.807, 2.05) is 36.4 Å². The van der Waals surface area contributed by atoms with Crippen LogP contribution in [-0.4, -0.2) is 54.5 Å². The van der Waals surface area contributed by atoms with Crippen LogP contribution in [0.3, 0.4) is 0 Å². The van der Waals surface area contributed by atoms with Crippen molar-refractivity contribution in [2.24, 2.45) is 4.99 Å². The molecular formula is C29H29Cl2N5OS. The molecule has 2 aliphatic rings. The fraction of sp³-hybridized carbons (Fsp3) is 0.276. The van der Waals surface area contributed by atoms with Crippen molar-refractivity contribution in [1.29, 1.82) is 0 Å². The molecule has 0 aliphatic carbocycles. The largest absolute Gasteiger partial charge is 0.361 e. The number of aliphatic imine (C=N–C) groups is 1. The molecule has 6 nitrogen and oxygen atoms in total. The van der Waals surface area contributed by atoms with Gasteiger partial charge in [-0.15, -0.1) is 0 Å². The Bertz CT molecular complexity index is 1360. The van der Waals surface area contributed by atoms with Crippen LogP contribution in [0.25, 0.3) is 0 Å². The Labute approximate surface area is 238 Å². The van der Waals surface area contributed by atoms with Crippen molar-refractivity contribution < 1.29 is 4.79 Å². The predicted octanol–water partition coefficient (Wildman–Crippen LogP) is 5.43.